The molecule has 0 unspecified atom stereocenters. The third-order valence-corrected chi connectivity index (χ3v) is 2.83. The minimum absolute atomic E-state index is 0.289. The highest BCUT2D eigenvalue weighted by Crippen LogP contribution is 2.20. The minimum atomic E-state index is -0.289. The second-order valence-electron chi connectivity index (χ2n) is 4.14. The van der Waals surface area contributed by atoms with E-state index in [9.17, 15) is 4.79 Å². The van der Waals surface area contributed by atoms with Crippen LogP contribution in [-0.4, -0.2) is 12.6 Å². The van der Waals surface area contributed by atoms with E-state index >= 15 is 0 Å². The molecule has 92 valence electrons. The zero-order valence-corrected chi connectivity index (χ0v) is 10.6. The second kappa shape index (κ2) is 5.50. The number of fused-ring (bicyclic) bond motifs is 1. The molecule has 0 bridgehead atoms. The van der Waals surface area contributed by atoms with Gasteiger partial charge in [0, 0.05) is 6.08 Å². The second-order valence-corrected chi connectivity index (χ2v) is 4.14. The summed E-state index contributed by atoms with van der Waals surface area (Å²) in [5, 5.41) is 2.37. The first-order valence-corrected chi connectivity index (χ1v) is 6.05. The predicted molar refractivity (Wildman–Crippen MR) is 74.2 cm³/mol. The topological polar surface area (TPSA) is 26.3 Å². The fourth-order valence-electron chi connectivity index (χ4n) is 1.88. The van der Waals surface area contributed by atoms with Crippen LogP contribution in [0.5, 0.6) is 0 Å². The van der Waals surface area contributed by atoms with Crippen molar-refractivity contribution < 1.29 is 9.53 Å². The van der Waals surface area contributed by atoms with Crippen molar-refractivity contribution in [2.24, 2.45) is 0 Å². The maximum Gasteiger partial charge on any atom is 0.331 e. The van der Waals surface area contributed by atoms with Gasteiger partial charge in [-0.05, 0) is 41.8 Å². The number of carbonyl (C=O) groups is 1. The molecule has 0 saturated carbocycles. The molecule has 0 saturated heterocycles. The fraction of sp³-hybridized carbons (Fsp3) is 0.188. The van der Waals surface area contributed by atoms with E-state index in [1.807, 2.05) is 25.1 Å². The lowest BCUT2D eigenvalue weighted by molar-refractivity contribution is -0.137. The zero-order valence-electron chi connectivity index (χ0n) is 10.6. The van der Waals surface area contributed by atoms with Crippen LogP contribution < -0.4 is 0 Å². The highest BCUT2D eigenvalue weighted by molar-refractivity contribution is 5.93. The molecule has 18 heavy (non-hydrogen) atoms. The summed E-state index contributed by atoms with van der Waals surface area (Å²) in [6.45, 7) is 4.12. The minimum Gasteiger partial charge on any atom is -0.463 e. The Hall–Kier alpha value is -2.09. The van der Waals surface area contributed by atoms with Gasteiger partial charge >= 0.3 is 5.97 Å². The molecule has 0 radical (unpaired) electrons. The molecular weight excluding hydrogens is 224 g/mol. The first-order chi connectivity index (χ1) is 8.70. The van der Waals surface area contributed by atoms with E-state index in [2.05, 4.69) is 24.3 Å². The van der Waals surface area contributed by atoms with Gasteiger partial charge in [-0.3, -0.25) is 0 Å². The lowest BCUT2D eigenvalue weighted by Crippen LogP contribution is -2.00. The van der Waals surface area contributed by atoms with Gasteiger partial charge in [0.25, 0.3) is 0 Å². The van der Waals surface area contributed by atoms with Crippen LogP contribution in [0.15, 0.2) is 48.5 Å². The molecule has 2 heteroatoms. The Morgan fingerprint density at radius 1 is 1.17 bits per heavy atom. The Bertz CT molecular complexity index is 597. The first-order valence-electron chi connectivity index (χ1n) is 6.05. The SMILES string of the molecule is CCOC(=O)/C=C(\C)c1ccc2ccccc2c1. The molecular formula is C16H16O2. The van der Waals surface area contributed by atoms with Gasteiger partial charge in [0.1, 0.15) is 0 Å². The molecule has 0 N–H and O–H groups in total. The summed E-state index contributed by atoms with van der Waals surface area (Å²) in [7, 11) is 0. The van der Waals surface area contributed by atoms with E-state index in [0.717, 1.165) is 11.1 Å². The van der Waals surface area contributed by atoms with Crippen molar-refractivity contribution in [2.45, 2.75) is 13.8 Å². The summed E-state index contributed by atoms with van der Waals surface area (Å²) in [5.74, 6) is -0.289. The molecule has 0 atom stereocenters. The lowest BCUT2D eigenvalue weighted by Gasteiger charge is -2.04. The quantitative estimate of drug-likeness (QED) is 0.602. The lowest BCUT2D eigenvalue weighted by atomic mass is 10.0. The van der Waals surface area contributed by atoms with Crippen molar-refractivity contribution in [1.29, 1.82) is 0 Å². The van der Waals surface area contributed by atoms with E-state index < -0.39 is 0 Å². The van der Waals surface area contributed by atoms with Gasteiger partial charge in [-0.2, -0.15) is 0 Å². The van der Waals surface area contributed by atoms with Crippen LogP contribution in [0.3, 0.4) is 0 Å². The van der Waals surface area contributed by atoms with Gasteiger partial charge in [0.15, 0.2) is 0 Å². The summed E-state index contributed by atoms with van der Waals surface area (Å²) in [6.07, 6.45) is 1.54. The van der Waals surface area contributed by atoms with Crippen LogP contribution in [-0.2, 0) is 9.53 Å². The molecule has 0 aliphatic rings. The standard InChI is InChI=1S/C16H16O2/c1-3-18-16(17)10-12(2)14-9-8-13-6-4-5-7-15(13)11-14/h4-11H,3H2,1-2H3/b12-10+. The van der Waals surface area contributed by atoms with Crippen LogP contribution >= 0.6 is 0 Å². The Morgan fingerprint density at radius 3 is 2.61 bits per heavy atom. The van der Waals surface area contributed by atoms with Crippen molar-refractivity contribution >= 4 is 22.3 Å². The Labute approximate surface area is 107 Å². The van der Waals surface area contributed by atoms with E-state index in [4.69, 9.17) is 4.74 Å². The van der Waals surface area contributed by atoms with E-state index in [-0.39, 0.29) is 5.97 Å². The molecule has 2 nitrogen and oxygen atoms in total. The average molecular weight is 240 g/mol. The summed E-state index contributed by atoms with van der Waals surface area (Å²) in [6, 6.07) is 14.3. The van der Waals surface area contributed by atoms with Crippen LogP contribution in [0.4, 0.5) is 0 Å². The fourth-order valence-corrected chi connectivity index (χ4v) is 1.88. The molecule has 0 heterocycles. The van der Waals surface area contributed by atoms with Crippen LogP contribution in [0.2, 0.25) is 0 Å². The normalized spacial score (nSPS) is 11.6. The number of benzene rings is 2. The summed E-state index contributed by atoms with van der Waals surface area (Å²) < 4.78 is 4.91. The van der Waals surface area contributed by atoms with Crippen molar-refractivity contribution in [2.75, 3.05) is 6.61 Å². The summed E-state index contributed by atoms with van der Waals surface area (Å²) in [5.41, 5.74) is 1.96. The Morgan fingerprint density at radius 2 is 1.89 bits per heavy atom. The summed E-state index contributed by atoms with van der Waals surface area (Å²) in [4.78, 5) is 11.4. The van der Waals surface area contributed by atoms with Crippen molar-refractivity contribution in [1.82, 2.24) is 0 Å². The molecule has 0 spiro atoms. The highest BCUT2D eigenvalue weighted by atomic mass is 16.5. The van der Waals surface area contributed by atoms with E-state index in [1.54, 1.807) is 6.92 Å². The third kappa shape index (κ3) is 2.77. The predicted octanol–water partition coefficient (Wildman–Crippen LogP) is 3.81. The van der Waals surface area contributed by atoms with E-state index in [0.29, 0.717) is 6.61 Å². The highest BCUT2D eigenvalue weighted by Gasteiger charge is 2.02. The van der Waals surface area contributed by atoms with Gasteiger partial charge in [0.05, 0.1) is 6.61 Å². The largest absolute Gasteiger partial charge is 0.463 e. The van der Waals surface area contributed by atoms with Gasteiger partial charge in [-0.15, -0.1) is 0 Å². The number of carbonyl (C=O) groups excluding carboxylic acids is 1. The smallest absolute Gasteiger partial charge is 0.331 e. The van der Waals surface area contributed by atoms with Crippen LogP contribution in [0.25, 0.3) is 16.3 Å². The van der Waals surface area contributed by atoms with Gasteiger partial charge in [0.2, 0.25) is 0 Å². The summed E-state index contributed by atoms with van der Waals surface area (Å²) >= 11 is 0. The maximum absolute atomic E-state index is 11.4. The third-order valence-electron chi connectivity index (χ3n) is 2.83. The number of allylic oxidation sites excluding steroid dienone is 1. The number of ether oxygens (including phenoxy) is 1. The van der Waals surface area contributed by atoms with Crippen LogP contribution in [0, 0.1) is 0 Å². The van der Waals surface area contributed by atoms with Crippen molar-refractivity contribution in [3.63, 3.8) is 0 Å². The number of esters is 1. The first kappa shape index (κ1) is 12.4. The molecule has 0 amide bonds. The molecule has 2 aromatic rings. The van der Waals surface area contributed by atoms with Gasteiger partial charge in [-0.25, -0.2) is 4.79 Å². The van der Waals surface area contributed by atoms with Crippen molar-refractivity contribution in [3.05, 3.63) is 54.1 Å². The Balaban J connectivity index is 2.33. The number of hydrogen-bond acceptors (Lipinski definition) is 2. The van der Waals surface area contributed by atoms with E-state index in [1.165, 1.54) is 16.8 Å². The molecule has 0 aromatic heterocycles. The van der Waals surface area contributed by atoms with Crippen LogP contribution in [0.1, 0.15) is 19.4 Å². The number of hydrogen-bond donors (Lipinski definition) is 0. The van der Waals surface area contributed by atoms with Crippen molar-refractivity contribution in [3.8, 4) is 0 Å². The monoisotopic (exact) mass is 240 g/mol. The van der Waals surface area contributed by atoms with Gasteiger partial charge in [-0.1, -0.05) is 36.4 Å². The molecule has 2 rings (SSSR count). The molecule has 2 aromatic carbocycles. The maximum atomic E-state index is 11.4. The zero-order chi connectivity index (χ0) is 13.0. The molecule has 0 aliphatic carbocycles. The Kier molecular flexibility index (Phi) is 3.78. The molecule has 0 fully saturated rings. The molecule has 0 aliphatic heterocycles. The van der Waals surface area contributed by atoms with Gasteiger partial charge < -0.3 is 4.74 Å². The number of rotatable bonds is 3. The average Bonchev–Trinajstić information content (AvgIpc) is 2.38.